The second-order valence-corrected chi connectivity index (χ2v) is 4.67. The predicted octanol–water partition coefficient (Wildman–Crippen LogP) is 2.76. The van der Waals surface area contributed by atoms with Crippen molar-refractivity contribution in [3.8, 4) is 0 Å². The van der Waals surface area contributed by atoms with Crippen LogP contribution < -0.4 is 5.73 Å². The maximum atomic E-state index is 13.5. The van der Waals surface area contributed by atoms with Crippen molar-refractivity contribution in [2.24, 2.45) is 5.73 Å². The molecule has 0 bridgehead atoms. The van der Waals surface area contributed by atoms with Crippen LogP contribution in [0.25, 0.3) is 0 Å². The van der Waals surface area contributed by atoms with Crippen LogP contribution in [-0.2, 0) is 6.42 Å². The Morgan fingerprint density at radius 2 is 2.00 bits per heavy atom. The summed E-state index contributed by atoms with van der Waals surface area (Å²) in [5, 5.41) is 0. The fraction of sp³-hybridized carbons (Fsp3) is 0.400. The Hall–Kier alpha value is -0.480. The second kappa shape index (κ2) is 3.28. The zero-order valence-corrected chi connectivity index (χ0v) is 9.07. The molecule has 4 heteroatoms. The van der Waals surface area contributed by atoms with Crippen LogP contribution in [0.4, 0.5) is 8.78 Å². The first kappa shape index (κ1) is 10.1. The molecular formula is C10H10BrF2N. The average Bonchev–Trinajstić information content (AvgIpc) is 2.86. The molecule has 1 aromatic carbocycles. The topological polar surface area (TPSA) is 26.0 Å². The molecule has 1 fully saturated rings. The van der Waals surface area contributed by atoms with Gasteiger partial charge in [0.25, 0.3) is 0 Å². The van der Waals surface area contributed by atoms with Crippen molar-refractivity contribution < 1.29 is 8.78 Å². The molecule has 0 unspecified atom stereocenters. The van der Waals surface area contributed by atoms with Crippen LogP contribution >= 0.6 is 15.9 Å². The van der Waals surface area contributed by atoms with Gasteiger partial charge in [-0.15, -0.1) is 0 Å². The van der Waals surface area contributed by atoms with E-state index in [1.54, 1.807) is 0 Å². The molecule has 0 spiro atoms. The van der Waals surface area contributed by atoms with Gasteiger partial charge in [-0.05, 0) is 46.8 Å². The third-order valence-corrected chi connectivity index (χ3v) is 3.28. The molecule has 2 rings (SSSR count). The van der Waals surface area contributed by atoms with Gasteiger partial charge in [0.05, 0.1) is 4.47 Å². The number of hydrogen-bond acceptors (Lipinski definition) is 1. The van der Waals surface area contributed by atoms with Crippen LogP contribution in [0.1, 0.15) is 18.4 Å². The average molecular weight is 262 g/mol. The van der Waals surface area contributed by atoms with E-state index in [1.165, 1.54) is 12.1 Å². The van der Waals surface area contributed by atoms with Crippen molar-refractivity contribution in [3.05, 3.63) is 33.8 Å². The minimum absolute atomic E-state index is 0.0979. The third kappa shape index (κ3) is 1.81. The molecule has 1 aliphatic carbocycles. The van der Waals surface area contributed by atoms with E-state index in [1.807, 2.05) is 0 Å². The number of hydrogen-bond donors (Lipinski definition) is 1. The van der Waals surface area contributed by atoms with E-state index in [0.717, 1.165) is 12.8 Å². The van der Waals surface area contributed by atoms with Crippen molar-refractivity contribution in [1.82, 2.24) is 0 Å². The first-order valence-corrected chi connectivity index (χ1v) is 5.22. The summed E-state index contributed by atoms with van der Waals surface area (Å²) >= 11 is 2.87. The molecule has 0 heterocycles. The molecule has 76 valence electrons. The van der Waals surface area contributed by atoms with Crippen molar-refractivity contribution in [2.75, 3.05) is 0 Å². The van der Waals surface area contributed by atoms with Gasteiger partial charge >= 0.3 is 0 Å². The van der Waals surface area contributed by atoms with Gasteiger partial charge in [-0.1, -0.05) is 6.07 Å². The van der Waals surface area contributed by atoms with Gasteiger partial charge in [-0.25, -0.2) is 8.78 Å². The minimum atomic E-state index is -0.576. The Morgan fingerprint density at radius 3 is 2.57 bits per heavy atom. The largest absolute Gasteiger partial charge is 0.325 e. The number of benzene rings is 1. The fourth-order valence-corrected chi connectivity index (χ4v) is 1.81. The van der Waals surface area contributed by atoms with Gasteiger partial charge in [-0.2, -0.15) is 0 Å². The third-order valence-electron chi connectivity index (χ3n) is 2.55. The summed E-state index contributed by atoms with van der Waals surface area (Å²) in [6.45, 7) is 0. The van der Waals surface area contributed by atoms with Gasteiger partial charge in [0.1, 0.15) is 11.6 Å². The second-order valence-electron chi connectivity index (χ2n) is 3.87. The van der Waals surface area contributed by atoms with Crippen molar-refractivity contribution >= 4 is 15.9 Å². The van der Waals surface area contributed by atoms with Crippen molar-refractivity contribution in [1.29, 1.82) is 0 Å². The molecule has 1 saturated carbocycles. The lowest BCUT2D eigenvalue weighted by molar-refractivity contribution is 0.547. The summed E-state index contributed by atoms with van der Waals surface area (Å²) in [6.07, 6.45) is 2.32. The molecule has 0 aromatic heterocycles. The van der Waals surface area contributed by atoms with E-state index < -0.39 is 11.6 Å². The highest BCUT2D eigenvalue weighted by Gasteiger charge is 2.38. The van der Waals surface area contributed by atoms with Crippen LogP contribution in [0.15, 0.2) is 16.6 Å². The minimum Gasteiger partial charge on any atom is -0.325 e. The van der Waals surface area contributed by atoms with Gasteiger partial charge in [0.2, 0.25) is 0 Å². The first-order chi connectivity index (χ1) is 6.52. The molecule has 2 N–H and O–H groups in total. The molecule has 0 aliphatic heterocycles. The Bertz CT molecular complexity index is 375. The van der Waals surface area contributed by atoms with E-state index >= 15 is 0 Å². The zero-order valence-electron chi connectivity index (χ0n) is 7.49. The number of rotatable bonds is 2. The molecule has 1 aromatic rings. The van der Waals surface area contributed by atoms with E-state index in [2.05, 4.69) is 15.9 Å². The van der Waals surface area contributed by atoms with Crippen LogP contribution in [-0.4, -0.2) is 5.54 Å². The Balaban J connectivity index is 2.30. The summed E-state index contributed by atoms with van der Waals surface area (Å²) in [5.74, 6) is -1.10. The predicted molar refractivity (Wildman–Crippen MR) is 53.9 cm³/mol. The maximum absolute atomic E-state index is 13.5. The maximum Gasteiger partial charge on any atom is 0.143 e. The monoisotopic (exact) mass is 261 g/mol. The SMILES string of the molecule is NC1(Cc2ccc(F)c(Br)c2F)CC1. The first-order valence-electron chi connectivity index (χ1n) is 4.43. The fourth-order valence-electron chi connectivity index (χ4n) is 1.42. The molecule has 0 amide bonds. The van der Waals surface area contributed by atoms with Crippen molar-refractivity contribution in [2.45, 2.75) is 24.8 Å². The summed E-state index contributed by atoms with van der Waals surface area (Å²) in [7, 11) is 0. The van der Waals surface area contributed by atoms with Crippen molar-refractivity contribution in [3.63, 3.8) is 0 Å². The highest BCUT2D eigenvalue weighted by molar-refractivity contribution is 9.10. The lowest BCUT2D eigenvalue weighted by Crippen LogP contribution is -2.25. The smallest absolute Gasteiger partial charge is 0.143 e. The summed E-state index contributed by atoms with van der Waals surface area (Å²) in [4.78, 5) is 0. The molecule has 1 nitrogen and oxygen atoms in total. The van der Waals surface area contributed by atoms with Gasteiger partial charge in [0.15, 0.2) is 0 Å². The molecule has 0 atom stereocenters. The van der Waals surface area contributed by atoms with Gasteiger partial charge in [-0.3, -0.25) is 0 Å². The van der Waals surface area contributed by atoms with Gasteiger partial charge in [0, 0.05) is 5.54 Å². The van der Waals surface area contributed by atoms with Crippen LogP contribution in [0.5, 0.6) is 0 Å². The quantitative estimate of drug-likeness (QED) is 0.815. The Labute approximate surface area is 89.4 Å². The molecule has 0 radical (unpaired) electrons. The van der Waals surface area contributed by atoms with Crippen LogP contribution in [0, 0.1) is 11.6 Å². The standard InChI is InChI=1S/C10H10BrF2N/c11-8-7(12)2-1-6(9(8)13)5-10(14)3-4-10/h1-2H,3-5,14H2. The number of nitrogens with two attached hydrogens (primary N) is 1. The van der Waals surface area contributed by atoms with E-state index in [9.17, 15) is 8.78 Å². The lowest BCUT2D eigenvalue weighted by Gasteiger charge is -2.10. The molecule has 14 heavy (non-hydrogen) atoms. The van der Waals surface area contributed by atoms with Crippen LogP contribution in [0.3, 0.4) is 0 Å². The Kier molecular flexibility index (Phi) is 2.35. The molecular weight excluding hydrogens is 252 g/mol. The summed E-state index contributed by atoms with van der Waals surface area (Å²) in [6, 6.07) is 2.72. The highest BCUT2D eigenvalue weighted by Crippen LogP contribution is 2.37. The zero-order chi connectivity index (χ0) is 10.3. The normalized spacial score (nSPS) is 18.3. The summed E-state index contributed by atoms with van der Waals surface area (Å²) < 4.78 is 26.3. The lowest BCUT2D eigenvalue weighted by atomic mass is 10.0. The molecule has 1 aliphatic rings. The van der Waals surface area contributed by atoms with E-state index in [4.69, 9.17) is 5.73 Å². The highest BCUT2D eigenvalue weighted by atomic mass is 79.9. The Morgan fingerprint density at radius 1 is 1.36 bits per heavy atom. The van der Waals surface area contributed by atoms with E-state index in [-0.39, 0.29) is 10.0 Å². The van der Waals surface area contributed by atoms with Gasteiger partial charge < -0.3 is 5.73 Å². The van der Waals surface area contributed by atoms with E-state index in [0.29, 0.717) is 12.0 Å². The number of halogens is 3. The van der Waals surface area contributed by atoms with Crippen LogP contribution in [0.2, 0.25) is 0 Å². The summed E-state index contributed by atoms with van der Waals surface area (Å²) in [5.41, 5.74) is 6.09. The molecule has 0 saturated heterocycles.